The van der Waals surface area contributed by atoms with Crippen LogP contribution in [0.4, 0.5) is 0 Å². The lowest BCUT2D eigenvalue weighted by molar-refractivity contribution is 0.104. The molecular formula is C12H16O. The van der Waals surface area contributed by atoms with E-state index in [0.717, 1.165) is 12.0 Å². The van der Waals surface area contributed by atoms with E-state index in [1.807, 2.05) is 25.1 Å². The summed E-state index contributed by atoms with van der Waals surface area (Å²) in [6, 6.07) is 10.2. The maximum Gasteiger partial charge on any atom is 0.0858 e. The molecule has 1 heteroatoms. The summed E-state index contributed by atoms with van der Waals surface area (Å²) in [6.45, 7) is 5.91. The van der Waals surface area contributed by atoms with Gasteiger partial charge in [-0.25, -0.2) is 0 Å². The molecule has 70 valence electrons. The molecular weight excluding hydrogens is 160 g/mol. The predicted octanol–water partition coefficient (Wildman–Crippen LogP) is 3.34. The highest BCUT2D eigenvalue weighted by atomic mass is 16.5. The third kappa shape index (κ3) is 3.03. The van der Waals surface area contributed by atoms with Crippen molar-refractivity contribution in [3.8, 4) is 0 Å². The molecule has 13 heavy (non-hydrogen) atoms. The molecule has 0 fully saturated rings. The first-order valence-corrected chi connectivity index (χ1v) is 4.46. The molecule has 0 aliphatic carbocycles. The SMILES string of the molecule is C=C(C)C[C@@H](OC)c1ccccc1. The van der Waals surface area contributed by atoms with Gasteiger partial charge in [0.25, 0.3) is 0 Å². The third-order valence-electron chi connectivity index (χ3n) is 1.99. The largest absolute Gasteiger partial charge is 0.376 e. The monoisotopic (exact) mass is 176 g/mol. The molecule has 0 spiro atoms. The van der Waals surface area contributed by atoms with Gasteiger partial charge in [0, 0.05) is 7.11 Å². The molecule has 0 aromatic heterocycles. The van der Waals surface area contributed by atoms with Crippen LogP contribution >= 0.6 is 0 Å². The second kappa shape index (κ2) is 4.83. The fraction of sp³-hybridized carbons (Fsp3) is 0.333. The first-order chi connectivity index (χ1) is 6.24. The van der Waals surface area contributed by atoms with Gasteiger partial charge in [-0.15, -0.1) is 6.58 Å². The number of benzene rings is 1. The summed E-state index contributed by atoms with van der Waals surface area (Å²) in [5, 5.41) is 0. The minimum atomic E-state index is 0.152. The van der Waals surface area contributed by atoms with E-state index in [2.05, 4.69) is 18.7 Å². The molecule has 0 N–H and O–H groups in total. The fourth-order valence-electron chi connectivity index (χ4n) is 1.32. The normalized spacial score (nSPS) is 12.5. The van der Waals surface area contributed by atoms with Gasteiger partial charge in [0.05, 0.1) is 6.10 Å². The van der Waals surface area contributed by atoms with Crippen LogP contribution in [-0.2, 0) is 4.74 Å². The van der Waals surface area contributed by atoms with Crippen LogP contribution in [0, 0.1) is 0 Å². The third-order valence-corrected chi connectivity index (χ3v) is 1.99. The minimum absolute atomic E-state index is 0.152. The zero-order valence-corrected chi connectivity index (χ0v) is 8.29. The van der Waals surface area contributed by atoms with Crippen LogP contribution in [-0.4, -0.2) is 7.11 Å². The van der Waals surface area contributed by atoms with Gasteiger partial charge in [-0.3, -0.25) is 0 Å². The van der Waals surface area contributed by atoms with E-state index < -0.39 is 0 Å². The lowest BCUT2D eigenvalue weighted by Gasteiger charge is -2.15. The van der Waals surface area contributed by atoms with Gasteiger partial charge in [-0.05, 0) is 18.9 Å². The summed E-state index contributed by atoms with van der Waals surface area (Å²) >= 11 is 0. The summed E-state index contributed by atoms with van der Waals surface area (Å²) in [6.07, 6.45) is 1.04. The quantitative estimate of drug-likeness (QED) is 0.639. The van der Waals surface area contributed by atoms with Crippen molar-refractivity contribution in [3.63, 3.8) is 0 Å². The minimum Gasteiger partial charge on any atom is -0.376 e. The molecule has 1 atom stereocenters. The second-order valence-corrected chi connectivity index (χ2v) is 3.30. The van der Waals surface area contributed by atoms with E-state index in [1.165, 1.54) is 5.56 Å². The molecule has 0 aliphatic rings. The molecule has 0 saturated heterocycles. The van der Waals surface area contributed by atoms with Gasteiger partial charge in [-0.2, -0.15) is 0 Å². The summed E-state index contributed by atoms with van der Waals surface area (Å²) in [4.78, 5) is 0. The Balaban J connectivity index is 2.73. The Kier molecular flexibility index (Phi) is 3.71. The zero-order chi connectivity index (χ0) is 9.68. The van der Waals surface area contributed by atoms with Gasteiger partial charge in [0.2, 0.25) is 0 Å². The van der Waals surface area contributed by atoms with Gasteiger partial charge < -0.3 is 4.74 Å². The van der Waals surface area contributed by atoms with E-state index in [9.17, 15) is 0 Å². The molecule has 0 radical (unpaired) electrons. The summed E-state index contributed by atoms with van der Waals surface area (Å²) < 4.78 is 5.39. The van der Waals surface area contributed by atoms with Crippen molar-refractivity contribution < 1.29 is 4.74 Å². The number of ether oxygens (including phenoxy) is 1. The van der Waals surface area contributed by atoms with E-state index >= 15 is 0 Å². The maximum atomic E-state index is 5.39. The number of rotatable bonds is 4. The second-order valence-electron chi connectivity index (χ2n) is 3.30. The molecule has 0 aliphatic heterocycles. The Labute approximate surface area is 80.0 Å². The van der Waals surface area contributed by atoms with Crippen molar-refractivity contribution in [2.24, 2.45) is 0 Å². The fourth-order valence-corrected chi connectivity index (χ4v) is 1.32. The molecule has 1 nitrogen and oxygen atoms in total. The predicted molar refractivity (Wildman–Crippen MR) is 55.6 cm³/mol. The van der Waals surface area contributed by atoms with E-state index in [4.69, 9.17) is 4.74 Å². The van der Waals surface area contributed by atoms with Gasteiger partial charge >= 0.3 is 0 Å². The molecule has 0 amide bonds. The maximum absolute atomic E-state index is 5.39. The number of methoxy groups -OCH3 is 1. The number of hydrogen-bond acceptors (Lipinski definition) is 1. The van der Waals surface area contributed by atoms with Crippen LogP contribution in [0.1, 0.15) is 25.0 Å². The van der Waals surface area contributed by atoms with Crippen LogP contribution in [0.2, 0.25) is 0 Å². The van der Waals surface area contributed by atoms with Crippen LogP contribution < -0.4 is 0 Å². The molecule has 0 unspecified atom stereocenters. The smallest absolute Gasteiger partial charge is 0.0858 e. The highest BCUT2D eigenvalue weighted by Crippen LogP contribution is 2.22. The Morgan fingerprint density at radius 2 is 2.00 bits per heavy atom. The summed E-state index contributed by atoms with van der Waals surface area (Å²) in [5.74, 6) is 0. The van der Waals surface area contributed by atoms with Gasteiger partial charge in [0.1, 0.15) is 0 Å². The van der Waals surface area contributed by atoms with Gasteiger partial charge in [0.15, 0.2) is 0 Å². The van der Waals surface area contributed by atoms with Crippen molar-refractivity contribution in [2.45, 2.75) is 19.4 Å². The molecule has 0 saturated carbocycles. The van der Waals surface area contributed by atoms with Crippen LogP contribution in [0.15, 0.2) is 42.5 Å². The Morgan fingerprint density at radius 3 is 2.46 bits per heavy atom. The van der Waals surface area contributed by atoms with Crippen LogP contribution in [0.5, 0.6) is 0 Å². The number of hydrogen-bond donors (Lipinski definition) is 0. The molecule has 0 heterocycles. The standard InChI is InChI=1S/C12H16O/c1-10(2)9-12(13-3)11-7-5-4-6-8-11/h4-8,12H,1,9H2,2-3H3/t12-/m1/s1. The summed E-state index contributed by atoms with van der Waals surface area (Å²) in [7, 11) is 1.74. The Hall–Kier alpha value is -1.08. The molecule has 1 aromatic rings. The highest BCUT2D eigenvalue weighted by Gasteiger charge is 2.08. The highest BCUT2D eigenvalue weighted by molar-refractivity contribution is 5.19. The van der Waals surface area contributed by atoms with Crippen molar-refractivity contribution in [2.75, 3.05) is 7.11 Å². The van der Waals surface area contributed by atoms with E-state index in [0.29, 0.717) is 0 Å². The van der Waals surface area contributed by atoms with Crippen LogP contribution in [0.25, 0.3) is 0 Å². The van der Waals surface area contributed by atoms with E-state index in [1.54, 1.807) is 7.11 Å². The van der Waals surface area contributed by atoms with E-state index in [-0.39, 0.29) is 6.10 Å². The zero-order valence-electron chi connectivity index (χ0n) is 8.29. The lowest BCUT2D eigenvalue weighted by Crippen LogP contribution is -2.01. The lowest BCUT2D eigenvalue weighted by atomic mass is 10.0. The molecule has 1 aromatic carbocycles. The Morgan fingerprint density at radius 1 is 1.38 bits per heavy atom. The summed E-state index contributed by atoms with van der Waals surface area (Å²) in [5.41, 5.74) is 2.36. The van der Waals surface area contributed by atoms with Crippen LogP contribution in [0.3, 0.4) is 0 Å². The topological polar surface area (TPSA) is 9.23 Å². The first kappa shape index (κ1) is 10.0. The Bertz CT molecular complexity index is 264. The average molecular weight is 176 g/mol. The van der Waals surface area contributed by atoms with Gasteiger partial charge in [-0.1, -0.05) is 35.9 Å². The van der Waals surface area contributed by atoms with Crippen molar-refractivity contribution in [3.05, 3.63) is 48.0 Å². The average Bonchev–Trinajstić information content (AvgIpc) is 2.15. The van der Waals surface area contributed by atoms with Crippen molar-refractivity contribution >= 4 is 0 Å². The first-order valence-electron chi connectivity index (χ1n) is 4.46. The molecule has 1 rings (SSSR count). The molecule has 0 bridgehead atoms. The van der Waals surface area contributed by atoms with Crippen molar-refractivity contribution in [1.29, 1.82) is 0 Å². The van der Waals surface area contributed by atoms with Crippen molar-refractivity contribution in [1.82, 2.24) is 0 Å².